The highest BCUT2D eigenvalue weighted by Gasteiger charge is 2.25. The molecule has 27 heavy (non-hydrogen) atoms. The average Bonchev–Trinajstić information content (AvgIpc) is 2.61. The lowest BCUT2D eigenvalue weighted by molar-refractivity contribution is -0.121. The molecule has 2 aliphatic rings. The van der Waals surface area contributed by atoms with Crippen LogP contribution in [0.3, 0.4) is 0 Å². The van der Waals surface area contributed by atoms with Crippen molar-refractivity contribution in [2.75, 3.05) is 17.7 Å². The summed E-state index contributed by atoms with van der Waals surface area (Å²) in [6, 6.07) is 3.17. The van der Waals surface area contributed by atoms with Crippen molar-refractivity contribution in [1.82, 2.24) is 5.32 Å². The van der Waals surface area contributed by atoms with Gasteiger partial charge in [0.2, 0.25) is 5.91 Å². The van der Waals surface area contributed by atoms with Crippen molar-refractivity contribution in [1.29, 1.82) is 0 Å². The molecule has 2 N–H and O–H groups in total. The second-order valence-corrected chi connectivity index (χ2v) is 9.62. The summed E-state index contributed by atoms with van der Waals surface area (Å²) in [5.41, 5.74) is 0.980. The van der Waals surface area contributed by atoms with Crippen molar-refractivity contribution < 1.29 is 22.7 Å². The lowest BCUT2D eigenvalue weighted by Crippen LogP contribution is -2.38. The summed E-state index contributed by atoms with van der Waals surface area (Å²) in [6.45, 7) is 3.73. The molecule has 0 saturated heterocycles. The third-order valence-electron chi connectivity index (χ3n) is 5.22. The minimum atomic E-state index is -3.64. The average molecular weight is 394 g/mol. The predicted octanol–water partition coefficient (Wildman–Crippen LogP) is 2.18. The van der Waals surface area contributed by atoms with Gasteiger partial charge in [0.05, 0.1) is 16.3 Å². The second kappa shape index (κ2) is 7.88. The van der Waals surface area contributed by atoms with Gasteiger partial charge >= 0.3 is 0 Å². The van der Waals surface area contributed by atoms with Crippen molar-refractivity contribution in [2.45, 2.75) is 56.9 Å². The molecule has 1 aliphatic heterocycles. The van der Waals surface area contributed by atoms with Gasteiger partial charge in [-0.05, 0) is 50.2 Å². The van der Waals surface area contributed by atoms with Crippen LogP contribution in [0.15, 0.2) is 17.0 Å². The number of carbonyl (C=O) groups is 2. The molecule has 7 nitrogen and oxygen atoms in total. The number of benzene rings is 1. The number of hydrogen-bond acceptors (Lipinski definition) is 5. The summed E-state index contributed by atoms with van der Waals surface area (Å²) in [6.07, 6.45) is 4.02. The van der Waals surface area contributed by atoms with E-state index in [-0.39, 0.29) is 41.5 Å². The number of anilines is 1. The normalized spacial score (nSPS) is 22.4. The molecule has 2 amide bonds. The van der Waals surface area contributed by atoms with Gasteiger partial charge in [0, 0.05) is 18.5 Å². The molecule has 1 aromatic carbocycles. The zero-order valence-electron chi connectivity index (χ0n) is 15.7. The minimum absolute atomic E-state index is 0.0670. The highest BCUT2D eigenvalue weighted by atomic mass is 32.2. The number of ether oxygens (including phenoxy) is 1. The van der Waals surface area contributed by atoms with E-state index in [0.717, 1.165) is 25.7 Å². The Morgan fingerprint density at radius 1 is 1.26 bits per heavy atom. The maximum atomic E-state index is 12.7. The van der Waals surface area contributed by atoms with Gasteiger partial charge in [-0.25, -0.2) is 8.42 Å². The van der Waals surface area contributed by atoms with E-state index in [0.29, 0.717) is 22.9 Å². The number of amides is 2. The van der Waals surface area contributed by atoms with Gasteiger partial charge in [-0.15, -0.1) is 0 Å². The SMILES string of the molecule is Cc1cc2c(cc1S(=O)(=O)CCC(=O)NC1CCC(C)CC1)OCC(=O)N2. The number of rotatable bonds is 5. The number of hydrogen-bond donors (Lipinski definition) is 2. The fraction of sp³-hybridized carbons (Fsp3) is 0.579. The summed E-state index contributed by atoms with van der Waals surface area (Å²) in [4.78, 5) is 23.7. The summed E-state index contributed by atoms with van der Waals surface area (Å²) >= 11 is 0. The van der Waals surface area contributed by atoms with E-state index in [1.54, 1.807) is 13.0 Å². The largest absolute Gasteiger partial charge is 0.482 e. The zero-order chi connectivity index (χ0) is 19.6. The van der Waals surface area contributed by atoms with Gasteiger partial charge < -0.3 is 15.4 Å². The Morgan fingerprint density at radius 2 is 1.96 bits per heavy atom. The Labute approximate surface area is 159 Å². The fourth-order valence-corrected chi connectivity index (χ4v) is 5.10. The molecule has 1 aliphatic carbocycles. The Bertz CT molecular complexity index is 842. The Balaban J connectivity index is 1.63. The molecule has 0 atom stereocenters. The molecular weight excluding hydrogens is 368 g/mol. The van der Waals surface area contributed by atoms with E-state index in [9.17, 15) is 18.0 Å². The van der Waals surface area contributed by atoms with Crippen molar-refractivity contribution in [3.63, 3.8) is 0 Å². The maximum Gasteiger partial charge on any atom is 0.262 e. The lowest BCUT2D eigenvalue weighted by Gasteiger charge is -2.26. The number of fused-ring (bicyclic) bond motifs is 1. The van der Waals surface area contributed by atoms with Crippen LogP contribution in [0.1, 0.15) is 44.6 Å². The topological polar surface area (TPSA) is 102 Å². The Kier molecular flexibility index (Phi) is 5.74. The van der Waals surface area contributed by atoms with Gasteiger partial charge in [-0.3, -0.25) is 9.59 Å². The minimum Gasteiger partial charge on any atom is -0.482 e. The lowest BCUT2D eigenvalue weighted by atomic mass is 9.87. The van der Waals surface area contributed by atoms with Crippen molar-refractivity contribution in [3.05, 3.63) is 17.7 Å². The van der Waals surface area contributed by atoms with E-state index < -0.39 is 9.84 Å². The smallest absolute Gasteiger partial charge is 0.262 e. The first-order chi connectivity index (χ1) is 12.7. The van der Waals surface area contributed by atoms with E-state index in [2.05, 4.69) is 17.6 Å². The van der Waals surface area contributed by atoms with Crippen molar-refractivity contribution >= 4 is 27.3 Å². The molecule has 0 bridgehead atoms. The van der Waals surface area contributed by atoms with Crippen LogP contribution in [0.5, 0.6) is 5.75 Å². The maximum absolute atomic E-state index is 12.7. The van der Waals surface area contributed by atoms with Gasteiger partial charge in [-0.1, -0.05) is 6.92 Å². The monoisotopic (exact) mass is 394 g/mol. The van der Waals surface area contributed by atoms with Crippen LogP contribution in [-0.4, -0.2) is 38.6 Å². The third-order valence-corrected chi connectivity index (χ3v) is 7.08. The second-order valence-electron chi connectivity index (χ2n) is 7.54. The first kappa shape index (κ1) is 19.7. The standard InChI is InChI=1S/C19H26N2O5S/c1-12-3-5-14(6-4-12)20-18(22)7-8-27(24,25)17-10-16-15(9-13(17)2)21-19(23)11-26-16/h9-10,12,14H,3-8,11H2,1-2H3,(H,20,22)(H,21,23). The number of nitrogens with one attached hydrogen (secondary N) is 2. The molecule has 1 aromatic rings. The van der Waals surface area contributed by atoms with E-state index in [1.165, 1.54) is 6.07 Å². The van der Waals surface area contributed by atoms with Gasteiger partial charge in [0.1, 0.15) is 5.75 Å². The number of aryl methyl sites for hydroxylation is 1. The number of carbonyl (C=O) groups excluding carboxylic acids is 2. The molecule has 0 radical (unpaired) electrons. The quantitative estimate of drug-likeness (QED) is 0.797. The summed E-state index contributed by atoms with van der Waals surface area (Å²) < 4.78 is 30.7. The van der Waals surface area contributed by atoms with Gasteiger partial charge in [-0.2, -0.15) is 0 Å². The van der Waals surface area contributed by atoms with E-state index in [1.807, 2.05) is 0 Å². The first-order valence-corrected chi connectivity index (χ1v) is 11.0. The first-order valence-electron chi connectivity index (χ1n) is 9.34. The highest BCUT2D eigenvalue weighted by Crippen LogP contribution is 2.33. The van der Waals surface area contributed by atoms with Gasteiger partial charge in [0.25, 0.3) is 5.91 Å². The molecule has 148 valence electrons. The van der Waals surface area contributed by atoms with Crippen LogP contribution in [0.2, 0.25) is 0 Å². The highest BCUT2D eigenvalue weighted by molar-refractivity contribution is 7.91. The summed E-state index contributed by atoms with van der Waals surface area (Å²) in [7, 11) is -3.64. The van der Waals surface area contributed by atoms with Crippen LogP contribution in [0.25, 0.3) is 0 Å². The fourth-order valence-electron chi connectivity index (χ4n) is 3.59. The predicted molar refractivity (Wildman–Crippen MR) is 102 cm³/mol. The molecule has 0 aromatic heterocycles. The van der Waals surface area contributed by atoms with Crippen LogP contribution >= 0.6 is 0 Å². The van der Waals surface area contributed by atoms with E-state index >= 15 is 0 Å². The number of sulfone groups is 1. The zero-order valence-corrected chi connectivity index (χ0v) is 16.5. The van der Waals surface area contributed by atoms with Crippen molar-refractivity contribution in [3.8, 4) is 5.75 Å². The summed E-state index contributed by atoms with van der Waals surface area (Å²) in [5, 5.41) is 5.61. The molecular formula is C19H26N2O5S. The van der Waals surface area contributed by atoms with Crippen LogP contribution in [0, 0.1) is 12.8 Å². The van der Waals surface area contributed by atoms with Crippen LogP contribution in [0.4, 0.5) is 5.69 Å². The van der Waals surface area contributed by atoms with Crippen LogP contribution < -0.4 is 15.4 Å². The summed E-state index contributed by atoms with van der Waals surface area (Å²) in [5.74, 6) is 0.272. The van der Waals surface area contributed by atoms with Gasteiger partial charge in [0.15, 0.2) is 16.4 Å². The molecule has 3 rings (SSSR count). The molecule has 1 fully saturated rings. The molecule has 0 unspecified atom stereocenters. The Morgan fingerprint density at radius 3 is 2.67 bits per heavy atom. The molecule has 1 saturated carbocycles. The molecule has 1 heterocycles. The molecule has 8 heteroatoms. The van der Waals surface area contributed by atoms with Crippen molar-refractivity contribution in [2.24, 2.45) is 5.92 Å². The van der Waals surface area contributed by atoms with Crippen LogP contribution in [-0.2, 0) is 19.4 Å². The Hall–Kier alpha value is -2.09. The molecule has 0 spiro atoms. The van der Waals surface area contributed by atoms with E-state index in [4.69, 9.17) is 4.74 Å². The third kappa shape index (κ3) is 4.80.